The summed E-state index contributed by atoms with van der Waals surface area (Å²) >= 11 is 0. The van der Waals surface area contributed by atoms with Crippen molar-refractivity contribution < 1.29 is 22.0 Å². The van der Waals surface area contributed by atoms with Crippen molar-refractivity contribution in [2.24, 2.45) is 0 Å². The average Bonchev–Trinajstić information content (AvgIpc) is 2.90. The van der Waals surface area contributed by atoms with Crippen LogP contribution in [0.3, 0.4) is 0 Å². The number of nitrogens with zero attached hydrogens (tertiary/aromatic N) is 2. The maximum Gasteiger partial charge on any atom is 0.270 e. The second-order valence-corrected chi connectivity index (χ2v) is 7.79. The summed E-state index contributed by atoms with van der Waals surface area (Å²) in [5.41, 5.74) is -0.472. The van der Waals surface area contributed by atoms with Crippen LogP contribution in [0.25, 0.3) is 0 Å². The maximum absolute atomic E-state index is 13.6. The first-order valence-electron chi connectivity index (χ1n) is 7.39. The first-order chi connectivity index (χ1) is 11.8. The van der Waals surface area contributed by atoms with Crippen molar-refractivity contribution in [3.63, 3.8) is 0 Å². The molecule has 2 aromatic rings. The molecule has 1 aromatic carbocycles. The zero-order chi connectivity index (χ0) is 18.0. The molecule has 0 spiro atoms. The monoisotopic (exact) mass is 368 g/mol. The van der Waals surface area contributed by atoms with E-state index in [1.54, 1.807) is 0 Å². The minimum absolute atomic E-state index is 0.0289. The Bertz CT molecular complexity index is 900. The van der Waals surface area contributed by atoms with Gasteiger partial charge in [-0.25, -0.2) is 27.2 Å². The number of anilines is 2. The molecule has 1 aromatic heterocycles. The van der Waals surface area contributed by atoms with Crippen LogP contribution < -0.4 is 10.6 Å². The summed E-state index contributed by atoms with van der Waals surface area (Å²) in [7, 11) is -3.12. The Labute approximate surface area is 142 Å². The molecule has 3 rings (SSSR count). The largest absolute Gasteiger partial charge is 0.347 e. The fourth-order valence-corrected chi connectivity index (χ4v) is 4.12. The van der Waals surface area contributed by atoms with Gasteiger partial charge in [-0.1, -0.05) is 6.07 Å². The van der Waals surface area contributed by atoms with Crippen molar-refractivity contribution in [2.45, 2.75) is 12.5 Å². The minimum Gasteiger partial charge on any atom is -0.347 e. The molecule has 1 aliphatic rings. The van der Waals surface area contributed by atoms with E-state index in [1.807, 2.05) is 0 Å². The van der Waals surface area contributed by atoms with E-state index in [4.69, 9.17) is 0 Å². The molecular formula is C15H14F2N4O3S. The normalized spacial score (nSPS) is 18.7. The number of carbonyl (C=O) groups excluding carboxylic acids is 1. The lowest BCUT2D eigenvalue weighted by Crippen LogP contribution is -2.36. The molecule has 1 aliphatic heterocycles. The molecular weight excluding hydrogens is 354 g/mol. The summed E-state index contributed by atoms with van der Waals surface area (Å²) in [5.74, 6) is -2.47. The van der Waals surface area contributed by atoms with E-state index in [0.717, 1.165) is 12.1 Å². The predicted molar refractivity (Wildman–Crippen MR) is 86.2 cm³/mol. The quantitative estimate of drug-likeness (QED) is 0.846. The summed E-state index contributed by atoms with van der Waals surface area (Å²) in [6.07, 6.45) is 1.60. The lowest BCUT2D eigenvalue weighted by molar-refractivity contribution is 0.0936. The Hall–Kier alpha value is -2.62. The van der Waals surface area contributed by atoms with E-state index in [2.05, 4.69) is 20.6 Å². The Morgan fingerprint density at radius 2 is 1.92 bits per heavy atom. The van der Waals surface area contributed by atoms with E-state index in [0.29, 0.717) is 6.42 Å². The zero-order valence-corrected chi connectivity index (χ0v) is 13.7. The van der Waals surface area contributed by atoms with E-state index >= 15 is 0 Å². The number of carbonyl (C=O) groups is 1. The predicted octanol–water partition coefficient (Wildman–Crippen LogP) is 1.42. The fraction of sp³-hybridized carbons (Fsp3) is 0.267. The van der Waals surface area contributed by atoms with Gasteiger partial charge in [0, 0.05) is 12.2 Å². The smallest absolute Gasteiger partial charge is 0.270 e. The van der Waals surface area contributed by atoms with Crippen molar-refractivity contribution >= 4 is 27.4 Å². The van der Waals surface area contributed by atoms with Gasteiger partial charge in [0.25, 0.3) is 5.91 Å². The Morgan fingerprint density at radius 1 is 1.20 bits per heavy atom. The third-order valence-corrected chi connectivity index (χ3v) is 5.42. The minimum atomic E-state index is -3.12. The molecule has 0 radical (unpaired) electrons. The third kappa shape index (κ3) is 4.08. The van der Waals surface area contributed by atoms with Gasteiger partial charge in [-0.15, -0.1) is 0 Å². The molecule has 1 atom stereocenters. The molecule has 132 valence electrons. The van der Waals surface area contributed by atoms with Gasteiger partial charge in [-0.3, -0.25) is 4.79 Å². The molecule has 0 aliphatic carbocycles. The molecule has 1 amide bonds. The first-order valence-corrected chi connectivity index (χ1v) is 9.21. The van der Waals surface area contributed by atoms with Crippen molar-refractivity contribution in [1.29, 1.82) is 0 Å². The first kappa shape index (κ1) is 17.2. The lowest BCUT2D eigenvalue weighted by Gasteiger charge is -2.11. The van der Waals surface area contributed by atoms with Crippen LogP contribution >= 0.6 is 0 Å². The van der Waals surface area contributed by atoms with Crippen molar-refractivity contribution in [1.82, 2.24) is 15.3 Å². The van der Waals surface area contributed by atoms with E-state index in [1.165, 1.54) is 18.3 Å². The number of amides is 1. The van der Waals surface area contributed by atoms with Gasteiger partial charge in [-0.2, -0.15) is 0 Å². The van der Waals surface area contributed by atoms with E-state index < -0.39 is 39.1 Å². The van der Waals surface area contributed by atoms with Crippen molar-refractivity contribution in [2.75, 3.05) is 16.8 Å². The second-order valence-electron chi connectivity index (χ2n) is 5.56. The Morgan fingerprint density at radius 3 is 2.56 bits per heavy atom. The average molecular weight is 368 g/mol. The van der Waals surface area contributed by atoms with Gasteiger partial charge >= 0.3 is 0 Å². The molecule has 0 saturated carbocycles. The summed E-state index contributed by atoms with van der Waals surface area (Å²) < 4.78 is 50.1. The highest BCUT2D eigenvalue weighted by Crippen LogP contribution is 2.21. The number of halogens is 2. The number of hydrogen-bond acceptors (Lipinski definition) is 6. The Balaban J connectivity index is 1.74. The molecule has 1 fully saturated rings. The van der Waals surface area contributed by atoms with E-state index in [9.17, 15) is 22.0 Å². The lowest BCUT2D eigenvalue weighted by atomic mass is 10.2. The number of rotatable bonds is 4. The molecule has 1 unspecified atom stereocenters. The number of sulfone groups is 1. The summed E-state index contributed by atoms with van der Waals surface area (Å²) in [6.45, 7) is 0. The standard InChI is InChI=1S/C15H14F2N4O3S/c16-10-2-1-3-11(17)13(10)21-15-18-6-4-12(20-15)14(22)19-9-5-7-25(23,24)8-9/h1-4,6,9H,5,7-8H2,(H,19,22)(H,18,20,21). The van der Waals surface area contributed by atoms with Crippen molar-refractivity contribution in [3.8, 4) is 0 Å². The van der Waals surface area contributed by atoms with Crippen LogP contribution in [-0.2, 0) is 9.84 Å². The van der Waals surface area contributed by atoms with Gasteiger partial charge < -0.3 is 10.6 Å². The third-order valence-electron chi connectivity index (χ3n) is 3.66. The van der Waals surface area contributed by atoms with Crippen LogP contribution in [0.4, 0.5) is 20.4 Å². The maximum atomic E-state index is 13.6. The van der Waals surface area contributed by atoms with Gasteiger partial charge in [-0.05, 0) is 24.6 Å². The summed E-state index contributed by atoms with van der Waals surface area (Å²) in [5, 5.41) is 4.97. The summed E-state index contributed by atoms with van der Waals surface area (Å²) in [6, 6.07) is 4.20. The number of benzene rings is 1. The van der Waals surface area contributed by atoms with Crippen LogP contribution in [0.15, 0.2) is 30.5 Å². The van der Waals surface area contributed by atoms with Crippen LogP contribution in [0.2, 0.25) is 0 Å². The highest BCUT2D eigenvalue weighted by atomic mass is 32.2. The topological polar surface area (TPSA) is 101 Å². The molecule has 0 bridgehead atoms. The molecule has 10 heteroatoms. The fourth-order valence-electron chi connectivity index (χ4n) is 2.44. The molecule has 1 saturated heterocycles. The van der Waals surface area contributed by atoms with Gasteiger partial charge in [0.05, 0.1) is 11.5 Å². The SMILES string of the molecule is O=C(NC1CCS(=O)(=O)C1)c1ccnc(Nc2c(F)cccc2F)n1. The number of hydrogen-bond donors (Lipinski definition) is 2. The molecule has 25 heavy (non-hydrogen) atoms. The Kier molecular flexibility index (Phi) is 4.62. The number of aromatic nitrogens is 2. The number of para-hydroxylation sites is 1. The zero-order valence-electron chi connectivity index (χ0n) is 12.9. The molecule has 2 N–H and O–H groups in total. The van der Waals surface area contributed by atoms with Gasteiger partial charge in [0.1, 0.15) is 23.0 Å². The van der Waals surface area contributed by atoms with Crippen LogP contribution in [0.1, 0.15) is 16.9 Å². The van der Waals surface area contributed by atoms with Gasteiger partial charge in [0.2, 0.25) is 5.95 Å². The van der Waals surface area contributed by atoms with Crippen LogP contribution in [0, 0.1) is 11.6 Å². The van der Waals surface area contributed by atoms with Gasteiger partial charge in [0.15, 0.2) is 9.84 Å². The highest BCUT2D eigenvalue weighted by molar-refractivity contribution is 7.91. The second kappa shape index (κ2) is 6.71. The van der Waals surface area contributed by atoms with Crippen LogP contribution in [-0.4, -0.2) is 41.8 Å². The highest BCUT2D eigenvalue weighted by Gasteiger charge is 2.29. The molecule has 2 heterocycles. The van der Waals surface area contributed by atoms with Crippen LogP contribution in [0.5, 0.6) is 0 Å². The van der Waals surface area contributed by atoms with E-state index in [-0.39, 0.29) is 23.1 Å². The molecule has 7 nitrogen and oxygen atoms in total. The summed E-state index contributed by atoms with van der Waals surface area (Å²) in [4.78, 5) is 19.9. The van der Waals surface area contributed by atoms with Crippen molar-refractivity contribution in [3.05, 3.63) is 47.8 Å². The number of nitrogens with one attached hydrogen (secondary N) is 2.